The molecule has 0 aliphatic carbocycles. The molecule has 7 nitrogen and oxygen atoms in total. The first kappa shape index (κ1) is 15.0. The number of hydrogen-bond donors (Lipinski definition) is 1. The van der Waals surface area contributed by atoms with Gasteiger partial charge in [-0.2, -0.15) is 0 Å². The Morgan fingerprint density at radius 2 is 1.79 bits per heavy atom. The van der Waals surface area contributed by atoms with Crippen molar-refractivity contribution in [3.8, 4) is 0 Å². The van der Waals surface area contributed by atoms with Gasteiger partial charge in [-0.25, -0.2) is 0 Å². The first-order valence-electron chi connectivity index (χ1n) is 5.83. The van der Waals surface area contributed by atoms with E-state index in [2.05, 4.69) is 5.32 Å². The van der Waals surface area contributed by atoms with Crippen molar-refractivity contribution in [3.63, 3.8) is 0 Å². The molecule has 7 heteroatoms. The Morgan fingerprint density at radius 1 is 1.16 bits per heavy atom. The normalized spacial score (nSPS) is 11.3. The first-order valence-corrected chi connectivity index (χ1v) is 5.83. The molecule has 0 aliphatic heterocycles. The lowest BCUT2D eigenvalue weighted by Gasteiger charge is -2.18. The molecule has 0 spiro atoms. The van der Waals surface area contributed by atoms with Crippen LogP contribution >= 0.6 is 0 Å². The van der Waals surface area contributed by atoms with E-state index in [1.165, 1.54) is 12.1 Å². The van der Waals surface area contributed by atoms with Crippen LogP contribution in [0.25, 0.3) is 0 Å². The average Bonchev–Trinajstić information content (AvgIpc) is 2.27. The summed E-state index contributed by atoms with van der Waals surface area (Å²) >= 11 is 0. The van der Waals surface area contributed by atoms with Gasteiger partial charge in [0.1, 0.15) is 0 Å². The first-order chi connectivity index (χ1) is 8.70. The molecule has 0 fully saturated rings. The highest BCUT2D eigenvalue weighted by atomic mass is 16.6. The molecule has 0 saturated heterocycles. The van der Waals surface area contributed by atoms with Gasteiger partial charge < -0.3 is 5.32 Å². The van der Waals surface area contributed by atoms with Gasteiger partial charge in [-0.05, 0) is 11.5 Å². The zero-order chi connectivity index (χ0) is 14.6. The van der Waals surface area contributed by atoms with E-state index in [4.69, 9.17) is 0 Å². The van der Waals surface area contributed by atoms with E-state index in [0.717, 1.165) is 6.07 Å². The minimum Gasteiger partial charge on any atom is -0.312 e. The van der Waals surface area contributed by atoms with Crippen molar-refractivity contribution in [2.45, 2.75) is 27.3 Å². The maximum atomic E-state index is 10.9. The summed E-state index contributed by atoms with van der Waals surface area (Å²) in [6.07, 6.45) is 0. The molecule has 1 N–H and O–H groups in total. The number of rotatable bonds is 5. The fourth-order valence-corrected chi connectivity index (χ4v) is 1.56. The van der Waals surface area contributed by atoms with E-state index < -0.39 is 9.85 Å². The molecule has 0 bridgehead atoms. The van der Waals surface area contributed by atoms with E-state index in [-0.39, 0.29) is 16.8 Å². The van der Waals surface area contributed by atoms with Crippen LogP contribution < -0.4 is 5.32 Å². The van der Waals surface area contributed by atoms with Crippen molar-refractivity contribution < 1.29 is 9.85 Å². The van der Waals surface area contributed by atoms with Crippen LogP contribution in [0, 0.1) is 25.6 Å². The standard InChI is InChI=1S/C12H17N3O4/c1-12(2,3)8-13-7-9-4-5-10(14(16)17)6-11(9)15(18)19/h4-6,13H,7-8H2,1-3H3. The van der Waals surface area contributed by atoms with Crippen molar-refractivity contribution in [3.05, 3.63) is 44.0 Å². The van der Waals surface area contributed by atoms with Crippen LogP contribution in [0.15, 0.2) is 18.2 Å². The highest BCUT2D eigenvalue weighted by molar-refractivity contribution is 5.49. The Bertz CT molecular complexity index is 494. The maximum absolute atomic E-state index is 10.9. The van der Waals surface area contributed by atoms with Gasteiger partial charge in [-0.3, -0.25) is 20.2 Å². The smallest absolute Gasteiger partial charge is 0.280 e. The third-order valence-electron chi connectivity index (χ3n) is 2.45. The molecular formula is C12H17N3O4. The van der Waals surface area contributed by atoms with E-state index in [0.29, 0.717) is 18.7 Å². The van der Waals surface area contributed by atoms with Crippen molar-refractivity contribution in [1.29, 1.82) is 0 Å². The summed E-state index contributed by atoms with van der Waals surface area (Å²) < 4.78 is 0. The zero-order valence-electron chi connectivity index (χ0n) is 11.2. The minimum atomic E-state index is -0.640. The molecule has 0 aliphatic rings. The summed E-state index contributed by atoms with van der Waals surface area (Å²) in [5.41, 5.74) is 0.0111. The molecule has 1 rings (SSSR count). The van der Waals surface area contributed by atoms with Crippen LogP contribution in [-0.2, 0) is 6.54 Å². The van der Waals surface area contributed by atoms with Gasteiger partial charge in [0.2, 0.25) is 0 Å². The van der Waals surface area contributed by atoms with Gasteiger partial charge in [-0.1, -0.05) is 20.8 Å². The maximum Gasteiger partial charge on any atom is 0.280 e. The second kappa shape index (κ2) is 5.75. The quantitative estimate of drug-likeness (QED) is 0.653. The molecule has 104 valence electrons. The monoisotopic (exact) mass is 267 g/mol. The third kappa shape index (κ3) is 4.63. The molecule has 0 aromatic heterocycles. The fraction of sp³-hybridized carbons (Fsp3) is 0.500. The van der Waals surface area contributed by atoms with Gasteiger partial charge in [0, 0.05) is 24.7 Å². The fourth-order valence-electron chi connectivity index (χ4n) is 1.56. The van der Waals surface area contributed by atoms with E-state index in [1.54, 1.807) is 0 Å². The number of benzene rings is 1. The predicted molar refractivity (Wildman–Crippen MR) is 70.9 cm³/mol. The van der Waals surface area contributed by atoms with E-state index in [1.807, 2.05) is 20.8 Å². The van der Waals surface area contributed by atoms with E-state index in [9.17, 15) is 20.2 Å². The second-order valence-electron chi connectivity index (χ2n) is 5.49. The summed E-state index contributed by atoms with van der Waals surface area (Å²) in [5, 5.41) is 24.6. The van der Waals surface area contributed by atoms with Gasteiger partial charge in [0.25, 0.3) is 11.4 Å². The molecule has 0 radical (unpaired) electrons. The molecule has 19 heavy (non-hydrogen) atoms. The van der Waals surface area contributed by atoms with Gasteiger partial charge in [-0.15, -0.1) is 0 Å². The van der Waals surface area contributed by atoms with Crippen LogP contribution in [0.2, 0.25) is 0 Å². The summed E-state index contributed by atoms with van der Waals surface area (Å²) in [4.78, 5) is 20.3. The molecule has 0 heterocycles. The Morgan fingerprint density at radius 3 is 2.26 bits per heavy atom. The average molecular weight is 267 g/mol. The number of non-ortho nitro benzene ring substituents is 1. The van der Waals surface area contributed by atoms with Crippen LogP contribution in [0.1, 0.15) is 26.3 Å². The van der Waals surface area contributed by atoms with Crippen molar-refractivity contribution in [1.82, 2.24) is 5.32 Å². The summed E-state index contributed by atoms with van der Waals surface area (Å²) in [6.45, 7) is 7.14. The SMILES string of the molecule is CC(C)(C)CNCc1ccc([N+](=O)[O-])cc1[N+](=O)[O-]. The van der Waals surface area contributed by atoms with E-state index >= 15 is 0 Å². The highest BCUT2D eigenvalue weighted by Crippen LogP contribution is 2.24. The molecule has 1 aromatic rings. The molecule has 0 unspecified atom stereocenters. The largest absolute Gasteiger partial charge is 0.312 e. The summed E-state index contributed by atoms with van der Waals surface area (Å²) in [7, 11) is 0. The van der Waals surface area contributed by atoms with Crippen molar-refractivity contribution >= 4 is 11.4 Å². The van der Waals surface area contributed by atoms with Crippen LogP contribution in [0.3, 0.4) is 0 Å². The molecule has 0 atom stereocenters. The van der Waals surface area contributed by atoms with Gasteiger partial charge >= 0.3 is 0 Å². The lowest BCUT2D eigenvalue weighted by Crippen LogP contribution is -2.26. The summed E-state index contributed by atoms with van der Waals surface area (Å²) in [6, 6.07) is 3.70. The Kier molecular flexibility index (Phi) is 4.55. The van der Waals surface area contributed by atoms with Crippen molar-refractivity contribution in [2.24, 2.45) is 5.41 Å². The molecular weight excluding hydrogens is 250 g/mol. The molecule has 0 saturated carbocycles. The highest BCUT2D eigenvalue weighted by Gasteiger charge is 2.19. The number of nitro benzene ring substituents is 2. The summed E-state index contributed by atoms with van der Waals surface area (Å²) in [5.74, 6) is 0. The Balaban J connectivity index is 2.89. The number of nitro groups is 2. The van der Waals surface area contributed by atoms with Crippen LogP contribution in [0.4, 0.5) is 11.4 Å². The van der Waals surface area contributed by atoms with Gasteiger partial charge in [0.05, 0.1) is 15.9 Å². The second-order valence-corrected chi connectivity index (χ2v) is 5.49. The zero-order valence-corrected chi connectivity index (χ0v) is 11.2. The predicted octanol–water partition coefficient (Wildman–Crippen LogP) is 2.64. The Labute approximate surface area is 110 Å². The lowest BCUT2D eigenvalue weighted by atomic mass is 9.97. The minimum absolute atomic E-state index is 0.0650. The number of nitrogens with zero attached hydrogens (tertiary/aromatic N) is 2. The van der Waals surface area contributed by atoms with Crippen molar-refractivity contribution in [2.75, 3.05) is 6.54 Å². The van der Waals surface area contributed by atoms with Gasteiger partial charge in [0.15, 0.2) is 0 Å². The number of nitrogens with one attached hydrogen (secondary N) is 1. The van der Waals surface area contributed by atoms with Crippen LogP contribution in [0.5, 0.6) is 0 Å². The lowest BCUT2D eigenvalue weighted by molar-refractivity contribution is -0.394. The molecule has 1 aromatic carbocycles. The third-order valence-corrected chi connectivity index (χ3v) is 2.45. The van der Waals surface area contributed by atoms with Crippen LogP contribution in [-0.4, -0.2) is 16.4 Å². The molecule has 0 amide bonds. The Hall–Kier alpha value is -2.02. The topological polar surface area (TPSA) is 98.3 Å². The number of hydrogen-bond acceptors (Lipinski definition) is 5.